The number of benzene rings is 2. The Labute approximate surface area is 140 Å². The predicted octanol–water partition coefficient (Wildman–Crippen LogP) is 4.24. The molecule has 24 heavy (non-hydrogen) atoms. The van der Waals surface area contributed by atoms with Crippen LogP contribution in [-0.2, 0) is 15.8 Å². The number of anilines is 2. The Kier molecular flexibility index (Phi) is 5.14. The Morgan fingerprint density at radius 3 is 2.08 bits per heavy atom. The van der Waals surface area contributed by atoms with Gasteiger partial charge in [0.1, 0.15) is 0 Å². The van der Waals surface area contributed by atoms with E-state index in [2.05, 4.69) is 10.6 Å². The molecule has 2 amide bonds. The van der Waals surface area contributed by atoms with E-state index in [9.17, 15) is 22.8 Å². The van der Waals surface area contributed by atoms with Gasteiger partial charge >= 0.3 is 18.0 Å². The molecule has 0 fully saturated rings. The summed E-state index contributed by atoms with van der Waals surface area (Å²) in [4.78, 5) is 23.6. The summed E-state index contributed by atoms with van der Waals surface area (Å²) >= 11 is 5.91. The molecular weight excluding hydrogens is 345 g/mol. The highest BCUT2D eigenvalue weighted by Crippen LogP contribution is 2.30. The number of aryl methyl sites for hydroxylation is 1. The van der Waals surface area contributed by atoms with Gasteiger partial charge in [-0.3, -0.25) is 9.59 Å². The van der Waals surface area contributed by atoms with Gasteiger partial charge < -0.3 is 10.6 Å². The summed E-state index contributed by atoms with van der Waals surface area (Å²) in [6.45, 7) is 1.77. The molecule has 0 saturated heterocycles. The summed E-state index contributed by atoms with van der Waals surface area (Å²) in [5.41, 5.74) is 0.0378. The van der Waals surface area contributed by atoms with Crippen LogP contribution in [-0.4, -0.2) is 11.8 Å². The highest BCUT2D eigenvalue weighted by molar-refractivity contribution is 6.43. The van der Waals surface area contributed by atoms with Crippen molar-refractivity contribution in [1.29, 1.82) is 0 Å². The van der Waals surface area contributed by atoms with Crippen molar-refractivity contribution in [1.82, 2.24) is 0 Å². The van der Waals surface area contributed by atoms with E-state index in [1.165, 1.54) is 12.1 Å². The number of carbonyl (C=O) groups excluding carboxylic acids is 2. The molecule has 4 nitrogen and oxygen atoms in total. The molecular formula is C16H12ClF3N2O2. The molecule has 0 heterocycles. The summed E-state index contributed by atoms with van der Waals surface area (Å²) in [5, 5.41) is 4.84. The van der Waals surface area contributed by atoms with Crippen LogP contribution in [0, 0.1) is 6.92 Å². The Morgan fingerprint density at radius 1 is 0.958 bits per heavy atom. The summed E-state index contributed by atoms with van der Waals surface area (Å²) < 4.78 is 37.9. The Hall–Kier alpha value is -2.54. The van der Waals surface area contributed by atoms with E-state index in [0.717, 1.165) is 23.8 Å². The molecule has 0 unspecified atom stereocenters. The lowest BCUT2D eigenvalue weighted by Gasteiger charge is -2.10. The number of nitrogens with one attached hydrogen (secondary N) is 2. The van der Waals surface area contributed by atoms with Crippen molar-refractivity contribution in [3.8, 4) is 0 Å². The van der Waals surface area contributed by atoms with Crippen molar-refractivity contribution < 1.29 is 22.8 Å². The molecule has 0 atom stereocenters. The van der Waals surface area contributed by atoms with Crippen LogP contribution in [0.25, 0.3) is 0 Å². The maximum atomic E-state index is 12.6. The zero-order valence-electron chi connectivity index (χ0n) is 12.4. The number of carbonyl (C=O) groups is 2. The molecule has 0 aliphatic rings. The summed E-state index contributed by atoms with van der Waals surface area (Å²) in [5.74, 6) is -2.11. The van der Waals surface area contributed by atoms with Gasteiger partial charge in [0, 0.05) is 16.4 Å². The first-order valence-corrected chi connectivity index (χ1v) is 7.10. The van der Waals surface area contributed by atoms with Gasteiger partial charge in [0.15, 0.2) is 0 Å². The lowest BCUT2D eigenvalue weighted by atomic mass is 10.2. The molecule has 2 rings (SSSR count). The predicted molar refractivity (Wildman–Crippen MR) is 84.9 cm³/mol. The normalized spacial score (nSPS) is 11.0. The molecule has 126 valence electrons. The third-order valence-corrected chi connectivity index (χ3v) is 3.49. The zero-order chi connectivity index (χ0) is 17.9. The van der Waals surface area contributed by atoms with Crippen molar-refractivity contribution in [2.24, 2.45) is 0 Å². The Morgan fingerprint density at radius 2 is 1.54 bits per heavy atom. The van der Waals surface area contributed by atoms with E-state index in [-0.39, 0.29) is 5.69 Å². The second-order valence-corrected chi connectivity index (χ2v) is 5.36. The molecule has 0 radical (unpaired) electrons. The molecule has 0 spiro atoms. The topological polar surface area (TPSA) is 58.2 Å². The molecule has 0 aromatic heterocycles. The van der Waals surface area contributed by atoms with Crippen LogP contribution in [0.1, 0.15) is 11.1 Å². The third-order valence-electron chi connectivity index (χ3n) is 3.08. The number of hydrogen-bond acceptors (Lipinski definition) is 2. The second-order valence-electron chi connectivity index (χ2n) is 4.95. The lowest BCUT2D eigenvalue weighted by molar-refractivity contribution is -0.137. The van der Waals surface area contributed by atoms with Gasteiger partial charge in [-0.1, -0.05) is 23.7 Å². The number of alkyl halides is 3. The lowest BCUT2D eigenvalue weighted by Crippen LogP contribution is -2.29. The summed E-state index contributed by atoms with van der Waals surface area (Å²) in [7, 11) is 0. The first-order chi connectivity index (χ1) is 11.2. The molecule has 2 aromatic carbocycles. The van der Waals surface area contributed by atoms with Gasteiger partial charge in [-0.15, -0.1) is 0 Å². The van der Waals surface area contributed by atoms with E-state index in [1.54, 1.807) is 19.1 Å². The second kappa shape index (κ2) is 6.92. The molecule has 0 aliphatic heterocycles. The minimum atomic E-state index is -4.54. The number of hydrogen-bond donors (Lipinski definition) is 2. The Bertz CT molecular complexity index is 791. The third kappa shape index (κ3) is 4.48. The van der Waals surface area contributed by atoms with Crippen LogP contribution in [0.4, 0.5) is 24.5 Å². The van der Waals surface area contributed by atoms with Crippen molar-refractivity contribution in [3.63, 3.8) is 0 Å². The van der Waals surface area contributed by atoms with E-state index < -0.39 is 23.6 Å². The fraction of sp³-hybridized carbons (Fsp3) is 0.125. The largest absolute Gasteiger partial charge is 0.416 e. The molecule has 8 heteroatoms. The van der Waals surface area contributed by atoms with E-state index in [4.69, 9.17) is 11.6 Å². The number of amides is 2. The number of rotatable bonds is 2. The fourth-order valence-corrected chi connectivity index (χ4v) is 2.00. The van der Waals surface area contributed by atoms with Crippen molar-refractivity contribution >= 4 is 34.8 Å². The van der Waals surface area contributed by atoms with Crippen LogP contribution in [0.15, 0.2) is 42.5 Å². The zero-order valence-corrected chi connectivity index (χ0v) is 13.1. The van der Waals surface area contributed by atoms with E-state index >= 15 is 0 Å². The van der Waals surface area contributed by atoms with Gasteiger partial charge in [-0.25, -0.2) is 0 Å². The van der Waals surface area contributed by atoms with Crippen LogP contribution < -0.4 is 10.6 Å². The molecule has 2 N–H and O–H groups in total. The Balaban J connectivity index is 2.06. The van der Waals surface area contributed by atoms with E-state index in [0.29, 0.717) is 10.7 Å². The standard InChI is InChI=1S/C16H12ClF3N2O2/c1-9-5-6-12(8-13(9)17)22-15(24)14(23)21-11-4-2-3-10(7-11)16(18,19)20/h2-8H,1H3,(H,21,23)(H,22,24). The smallest absolute Gasteiger partial charge is 0.318 e. The van der Waals surface area contributed by atoms with Gasteiger partial charge in [-0.05, 0) is 42.8 Å². The maximum absolute atomic E-state index is 12.6. The maximum Gasteiger partial charge on any atom is 0.416 e. The highest BCUT2D eigenvalue weighted by Gasteiger charge is 2.30. The molecule has 2 aromatic rings. The summed E-state index contributed by atoms with van der Waals surface area (Å²) in [6.07, 6.45) is -4.54. The first-order valence-electron chi connectivity index (χ1n) is 6.72. The van der Waals surface area contributed by atoms with Crippen LogP contribution in [0.3, 0.4) is 0 Å². The number of halogens is 4. The molecule has 0 bridgehead atoms. The van der Waals surface area contributed by atoms with E-state index in [1.807, 2.05) is 0 Å². The average Bonchev–Trinajstić information content (AvgIpc) is 2.50. The highest BCUT2D eigenvalue weighted by atomic mass is 35.5. The van der Waals surface area contributed by atoms with Crippen LogP contribution >= 0.6 is 11.6 Å². The molecule has 0 aliphatic carbocycles. The van der Waals surface area contributed by atoms with Crippen molar-refractivity contribution in [2.75, 3.05) is 10.6 Å². The quantitative estimate of drug-likeness (QED) is 0.790. The first kappa shape index (κ1) is 17.8. The van der Waals surface area contributed by atoms with Gasteiger partial charge in [-0.2, -0.15) is 13.2 Å². The van der Waals surface area contributed by atoms with Crippen molar-refractivity contribution in [3.05, 3.63) is 58.6 Å². The van der Waals surface area contributed by atoms with Crippen LogP contribution in [0.5, 0.6) is 0 Å². The van der Waals surface area contributed by atoms with Gasteiger partial charge in [0.25, 0.3) is 0 Å². The van der Waals surface area contributed by atoms with Gasteiger partial charge in [0.2, 0.25) is 0 Å². The van der Waals surface area contributed by atoms with Gasteiger partial charge in [0.05, 0.1) is 5.56 Å². The summed E-state index contributed by atoms with van der Waals surface area (Å²) in [6, 6.07) is 8.67. The fourth-order valence-electron chi connectivity index (χ4n) is 1.82. The minimum Gasteiger partial charge on any atom is -0.318 e. The monoisotopic (exact) mass is 356 g/mol. The molecule has 0 saturated carbocycles. The minimum absolute atomic E-state index is 0.132. The van der Waals surface area contributed by atoms with Crippen LogP contribution in [0.2, 0.25) is 5.02 Å². The average molecular weight is 357 g/mol. The SMILES string of the molecule is Cc1ccc(NC(=O)C(=O)Nc2cccc(C(F)(F)F)c2)cc1Cl. The van der Waals surface area contributed by atoms with Crippen molar-refractivity contribution in [2.45, 2.75) is 13.1 Å².